The number of hydrogen-bond donors (Lipinski definition) is 1. The highest BCUT2D eigenvalue weighted by Crippen LogP contribution is 2.32. The Bertz CT molecular complexity index is 201. The molecule has 2 aliphatic rings. The van der Waals surface area contributed by atoms with E-state index in [0.29, 0.717) is 18.4 Å². The van der Waals surface area contributed by atoms with Crippen molar-refractivity contribution in [1.82, 2.24) is 4.90 Å². The Balaban J connectivity index is 1.96. The van der Waals surface area contributed by atoms with Crippen LogP contribution in [0.1, 0.15) is 32.1 Å². The van der Waals surface area contributed by atoms with E-state index in [2.05, 4.69) is 4.90 Å². The van der Waals surface area contributed by atoms with Crippen molar-refractivity contribution in [3.63, 3.8) is 0 Å². The molecule has 0 saturated heterocycles. The molecule has 0 aromatic carbocycles. The lowest BCUT2D eigenvalue weighted by Gasteiger charge is -2.26. The number of ketones is 1. The minimum absolute atomic E-state index is 0.139. The Hall–Kier alpha value is -0.410. The summed E-state index contributed by atoms with van der Waals surface area (Å²) in [6.45, 7) is 0.862. The number of nitrogens with zero attached hydrogens (tertiary/aromatic N) is 1. The maximum atomic E-state index is 11.5. The third-order valence-corrected chi connectivity index (χ3v) is 3.05. The summed E-state index contributed by atoms with van der Waals surface area (Å²) in [5.74, 6) is 0.389. The zero-order chi connectivity index (χ0) is 9.26. The summed E-state index contributed by atoms with van der Waals surface area (Å²) >= 11 is 0. The molecule has 1 N–H and O–H groups in total. The Kier molecular flexibility index (Phi) is 2.65. The maximum Gasteiger partial charge on any atom is 0.149 e. The van der Waals surface area contributed by atoms with Crippen LogP contribution in [-0.4, -0.2) is 41.0 Å². The number of carbonyl (C=O) groups is 1. The number of hydrogen-bond acceptors (Lipinski definition) is 3. The van der Waals surface area contributed by atoms with Crippen molar-refractivity contribution in [3.8, 4) is 0 Å². The van der Waals surface area contributed by atoms with E-state index in [9.17, 15) is 4.79 Å². The van der Waals surface area contributed by atoms with Crippen LogP contribution in [0.4, 0.5) is 0 Å². The predicted molar refractivity (Wildman–Crippen MR) is 49.5 cm³/mol. The lowest BCUT2D eigenvalue weighted by molar-refractivity contribution is -0.122. The van der Waals surface area contributed by atoms with Crippen LogP contribution in [0.5, 0.6) is 0 Å². The largest absolute Gasteiger partial charge is 0.395 e. The number of aliphatic hydroxyl groups excluding tert-OH is 1. The van der Waals surface area contributed by atoms with E-state index in [4.69, 9.17) is 5.11 Å². The standard InChI is InChI=1S/C10H17NO2/c12-7-6-11(8-4-5-8)9-2-1-3-10(9)13/h8-9,12H,1-7H2. The van der Waals surface area contributed by atoms with Crippen LogP contribution in [0, 0.1) is 0 Å². The van der Waals surface area contributed by atoms with Crippen molar-refractivity contribution < 1.29 is 9.90 Å². The molecule has 2 aliphatic carbocycles. The first kappa shape index (κ1) is 9.16. The molecule has 0 bridgehead atoms. The summed E-state index contributed by atoms with van der Waals surface area (Å²) in [5, 5.41) is 8.91. The molecular formula is C10H17NO2. The van der Waals surface area contributed by atoms with Gasteiger partial charge in [-0.25, -0.2) is 0 Å². The van der Waals surface area contributed by atoms with Crippen LogP contribution in [-0.2, 0) is 4.79 Å². The Labute approximate surface area is 78.7 Å². The SMILES string of the molecule is O=C1CCCC1N(CCO)C1CC1. The molecule has 0 aromatic heterocycles. The van der Waals surface area contributed by atoms with Gasteiger partial charge in [-0.15, -0.1) is 0 Å². The lowest BCUT2D eigenvalue weighted by Crippen LogP contribution is -2.41. The van der Waals surface area contributed by atoms with Crippen molar-refractivity contribution in [1.29, 1.82) is 0 Å². The van der Waals surface area contributed by atoms with E-state index >= 15 is 0 Å². The van der Waals surface area contributed by atoms with Crippen molar-refractivity contribution >= 4 is 5.78 Å². The fourth-order valence-electron chi connectivity index (χ4n) is 2.26. The summed E-state index contributed by atoms with van der Waals surface area (Å²) in [6.07, 6.45) is 5.22. The van der Waals surface area contributed by atoms with Gasteiger partial charge in [-0.05, 0) is 25.7 Å². The van der Waals surface area contributed by atoms with Crippen LogP contribution in [0.15, 0.2) is 0 Å². The quantitative estimate of drug-likeness (QED) is 0.692. The Morgan fingerprint density at radius 1 is 1.38 bits per heavy atom. The van der Waals surface area contributed by atoms with Crippen LogP contribution in [0.2, 0.25) is 0 Å². The molecule has 1 unspecified atom stereocenters. The number of Topliss-reactive ketones (excluding diaryl/α,β-unsaturated/α-hetero) is 1. The molecule has 1 atom stereocenters. The van der Waals surface area contributed by atoms with Crippen molar-refractivity contribution in [3.05, 3.63) is 0 Å². The Morgan fingerprint density at radius 3 is 2.62 bits per heavy atom. The van der Waals surface area contributed by atoms with Gasteiger partial charge >= 0.3 is 0 Å². The molecule has 2 fully saturated rings. The zero-order valence-electron chi connectivity index (χ0n) is 7.91. The van der Waals surface area contributed by atoms with Gasteiger partial charge in [0.2, 0.25) is 0 Å². The molecule has 2 rings (SSSR count). The highest BCUT2D eigenvalue weighted by Gasteiger charge is 2.38. The van der Waals surface area contributed by atoms with E-state index in [-0.39, 0.29) is 12.6 Å². The summed E-state index contributed by atoms with van der Waals surface area (Å²) in [7, 11) is 0. The summed E-state index contributed by atoms with van der Waals surface area (Å²) in [4.78, 5) is 13.7. The van der Waals surface area contributed by atoms with Crippen LogP contribution < -0.4 is 0 Å². The first-order chi connectivity index (χ1) is 6.33. The van der Waals surface area contributed by atoms with Crippen LogP contribution >= 0.6 is 0 Å². The van der Waals surface area contributed by atoms with Gasteiger partial charge in [0.15, 0.2) is 0 Å². The highest BCUT2D eigenvalue weighted by molar-refractivity contribution is 5.86. The highest BCUT2D eigenvalue weighted by atomic mass is 16.3. The average molecular weight is 183 g/mol. The summed E-state index contributed by atoms with van der Waals surface area (Å²) < 4.78 is 0. The molecule has 3 nitrogen and oxygen atoms in total. The van der Waals surface area contributed by atoms with Gasteiger partial charge in [-0.3, -0.25) is 9.69 Å². The van der Waals surface area contributed by atoms with Crippen LogP contribution in [0.3, 0.4) is 0 Å². The monoisotopic (exact) mass is 183 g/mol. The minimum atomic E-state index is 0.139. The predicted octanol–water partition coefficient (Wildman–Crippen LogP) is 0.565. The fraction of sp³-hybridized carbons (Fsp3) is 0.900. The molecule has 2 saturated carbocycles. The topological polar surface area (TPSA) is 40.5 Å². The normalized spacial score (nSPS) is 28.8. The van der Waals surface area contributed by atoms with E-state index in [0.717, 1.165) is 19.3 Å². The van der Waals surface area contributed by atoms with Crippen LogP contribution in [0.25, 0.3) is 0 Å². The summed E-state index contributed by atoms with van der Waals surface area (Å²) in [6, 6.07) is 0.735. The smallest absolute Gasteiger partial charge is 0.149 e. The lowest BCUT2D eigenvalue weighted by atomic mass is 10.2. The molecule has 0 radical (unpaired) electrons. The van der Waals surface area contributed by atoms with Gasteiger partial charge in [-0.1, -0.05) is 0 Å². The Morgan fingerprint density at radius 2 is 2.15 bits per heavy atom. The van der Waals surface area contributed by atoms with Gasteiger partial charge in [0.25, 0.3) is 0 Å². The number of rotatable bonds is 4. The van der Waals surface area contributed by atoms with Gasteiger partial charge in [0.05, 0.1) is 12.6 Å². The number of carbonyl (C=O) groups excluding carboxylic acids is 1. The van der Waals surface area contributed by atoms with E-state index in [1.807, 2.05) is 0 Å². The third kappa shape index (κ3) is 1.92. The second-order valence-electron chi connectivity index (χ2n) is 4.07. The second kappa shape index (κ2) is 3.76. The van der Waals surface area contributed by atoms with E-state index in [1.165, 1.54) is 12.8 Å². The molecule has 0 amide bonds. The molecule has 13 heavy (non-hydrogen) atoms. The van der Waals surface area contributed by atoms with Crippen molar-refractivity contribution in [2.45, 2.75) is 44.2 Å². The van der Waals surface area contributed by atoms with Gasteiger partial charge in [0, 0.05) is 19.0 Å². The molecule has 0 spiro atoms. The zero-order valence-corrected chi connectivity index (χ0v) is 7.91. The molecule has 0 aliphatic heterocycles. The van der Waals surface area contributed by atoms with Gasteiger partial charge in [0.1, 0.15) is 5.78 Å². The third-order valence-electron chi connectivity index (χ3n) is 3.05. The second-order valence-corrected chi connectivity index (χ2v) is 4.07. The molecule has 3 heteroatoms. The van der Waals surface area contributed by atoms with Gasteiger partial charge < -0.3 is 5.11 Å². The van der Waals surface area contributed by atoms with E-state index in [1.54, 1.807) is 0 Å². The number of aliphatic hydroxyl groups is 1. The molecule has 74 valence electrons. The maximum absolute atomic E-state index is 11.5. The molecule has 0 heterocycles. The average Bonchev–Trinajstić information content (AvgIpc) is 2.86. The minimum Gasteiger partial charge on any atom is -0.395 e. The first-order valence-corrected chi connectivity index (χ1v) is 5.22. The summed E-state index contributed by atoms with van der Waals surface area (Å²) in [5.41, 5.74) is 0. The van der Waals surface area contributed by atoms with Crippen molar-refractivity contribution in [2.75, 3.05) is 13.2 Å². The first-order valence-electron chi connectivity index (χ1n) is 5.22. The van der Waals surface area contributed by atoms with E-state index < -0.39 is 0 Å². The molecular weight excluding hydrogens is 166 g/mol. The van der Waals surface area contributed by atoms with Gasteiger partial charge in [-0.2, -0.15) is 0 Å². The van der Waals surface area contributed by atoms with Crippen molar-refractivity contribution in [2.24, 2.45) is 0 Å². The molecule has 0 aromatic rings. The fourth-order valence-corrected chi connectivity index (χ4v) is 2.26.